The zero-order valence-electron chi connectivity index (χ0n) is 15.3. The predicted molar refractivity (Wildman–Crippen MR) is 95.3 cm³/mol. The van der Waals surface area contributed by atoms with Crippen molar-refractivity contribution >= 4 is 15.9 Å². The van der Waals surface area contributed by atoms with Crippen LogP contribution in [-0.2, 0) is 14.8 Å². The van der Waals surface area contributed by atoms with Crippen LogP contribution in [-0.4, -0.2) is 49.7 Å². The molecule has 1 aliphatic heterocycles. The first-order valence-corrected chi connectivity index (χ1v) is 9.84. The van der Waals surface area contributed by atoms with Gasteiger partial charge < -0.3 is 4.90 Å². The molecule has 0 spiro atoms. The molecule has 2 rings (SSSR count). The number of amides is 1. The van der Waals surface area contributed by atoms with E-state index in [0.717, 1.165) is 11.1 Å². The van der Waals surface area contributed by atoms with Crippen molar-refractivity contribution in [2.24, 2.45) is 5.41 Å². The lowest BCUT2D eigenvalue weighted by molar-refractivity contribution is -0.139. The molecule has 24 heavy (non-hydrogen) atoms. The second-order valence-electron chi connectivity index (χ2n) is 7.57. The molecule has 0 N–H and O–H groups in total. The molecule has 1 heterocycles. The molecular formula is C18H28N2O3S. The zero-order chi connectivity index (χ0) is 18.1. The fourth-order valence-electron chi connectivity index (χ4n) is 2.94. The molecule has 0 radical (unpaired) electrons. The first kappa shape index (κ1) is 18.9. The third-order valence-electron chi connectivity index (χ3n) is 4.35. The summed E-state index contributed by atoms with van der Waals surface area (Å²) in [4.78, 5) is 14.6. The molecule has 0 saturated carbocycles. The fourth-order valence-corrected chi connectivity index (χ4v) is 4.72. The summed E-state index contributed by atoms with van der Waals surface area (Å²) in [5, 5.41) is 0. The average molecular weight is 353 g/mol. The third kappa shape index (κ3) is 3.98. The normalized spacial score (nSPS) is 17.6. The lowest BCUT2D eigenvalue weighted by Crippen LogP contribution is -2.42. The van der Waals surface area contributed by atoms with Gasteiger partial charge >= 0.3 is 0 Å². The van der Waals surface area contributed by atoms with Crippen LogP contribution in [0.3, 0.4) is 0 Å². The molecule has 1 amide bonds. The SMILES string of the molecule is Cc1ccc(C)c(S(=O)(=O)N2CCCN(C(=O)C(C)(C)C)CC2)c1. The highest BCUT2D eigenvalue weighted by atomic mass is 32.2. The van der Waals surface area contributed by atoms with Gasteiger partial charge in [-0.15, -0.1) is 0 Å². The van der Waals surface area contributed by atoms with E-state index in [2.05, 4.69) is 0 Å². The smallest absolute Gasteiger partial charge is 0.243 e. The summed E-state index contributed by atoms with van der Waals surface area (Å²) < 4.78 is 27.5. The van der Waals surface area contributed by atoms with Gasteiger partial charge in [0.25, 0.3) is 0 Å². The van der Waals surface area contributed by atoms with E-state index >= 15 is 0 Å². The number of hydrogen-bond donors (Lipinski definition) is 0. The lowest BCUT2D eigenvalue weighted by Gasteiger charge is -2.28. The van der Waals surface area contributed by atoms with Gasteiger partial charge in [-0.1, -0.05) is 32.9 Å². The van der Waals surface area contributed by atoms with E-state index in [1.165, 1.54) is 4.31 Å². The summed E-state index contributed by atoms with van der Waals surface area (Å²) in [6.07, 6.45) is 0.659. The van der Waals surface area contributed by atoms with Gasteiger partial charge in [0.05, 0.1) is 4.90 Å². The van der Waals surface area contributed by atoms with Gasteiger partial charge in [-0.3, -0.25) is 4.79 Å². The molecule has 0 bridgehead atoms. The maximum absolute atomic E-state index is 13.0. The van der Waals surface area contributed by atoms with E-state index < -0.39 is 15.4 Å². The Morgan fingerprint density at radius 1 is 1.04 bits per heavy atom. The van der Waals surface area contributed by atoms with E-state index in [9.17, 15) is 13.2 Å². The van der Waals surface area contributed by atoms with Crippen LogP contribution in [0.5, 0.6) is 0 Å². The molecule has 1 aromatic carbocycles. The van der Waals surface area contributed by atoms with Gasteiger partial charge in [0.1, 0.15) is 0 Å². The van der Waals surface area contributed by atoms with Gasteiger partial charge in [-0.05, 0) is 37.5 Å². The van der Waals surface area contributed by atoms with Gasteiger partial charge in [0, 0.05) is 31.6 Å². The number of aryl methyl sites for hydroxylation is 2. The van der Waals surface area contributed by atoms with Gasteiger partial charge in [-0.2, -0.15) is 4.31 Å². The van der Waals surface area contributed by atoms with Crippen LogP contribution in [0.4, 0.5) is 0 Å². The van der Waals surface area contributed by atoms with Crippen LogP contribution < -0.4 is 0 Å². The van der Waals surface area contributed by atoms with Crippen molar-refractivity contribution < 1.29 is 13.2 Å². The van der Waals surface area contributed by atoms with Gasteiger partial charge in [-0.25, -0.2) is 8.42 Å². The van der Waals surface area contributed by atoms with Crippen molar-refractivity contribution in [3.05, 3.63) is 29.3 Å². The summed E-state index contributed by atoms with van der Waals surface area (Å²) in [6.45, 7) is 11.2. The van der Waals surface area contributed by atoms with Crippen LogP contribution in [0, 0.1) is 19.3 Å². The van der Waals surface area contributed by atoms with Crippen LogP contribution in [0.2, 0.25) is 0 Å². The van der Waals surface area contributed by atoms with Crippen LogP contribution in [0.1, 0.15) is 38.3 Å². The van der Waals surface area contributed by atoms with Crippen LogP contribution >= 0.6 is 0 Å². The standard InChI is InChI=1S/C18H28N2O3S/c1-14-7-8-15(2)16(13-14)24(22,23)20-10-6-9-19(11-12-20)17(21)18(3,4)5/h7-8,13H,6,9-12H2,1-5H3. The second kappa shape index (κ2) is 6.84. The number of carbonyl (C=O) groups is 1. The molecular weight excluding hydrogens is 324 g/mol. The fraction of sp³-hybridized carbons (Fsp3) is 0.611. The van der Waals surface area contributed by atoms with E-state index in [1.54, 1.807) is 11.0 Å². The number of rotatable bonds is 2. The maximum Gasteiger partial charge on any atom is 0.243 e. The number of sulfonamides is 1. The average Bonchev–Trinajstić information content (AvgIpc) is 2.74. The van der Waals surface area contributed by atoms with Crippen molar-refractivity contribution in [3.63, 3.8) is 0 Å². The van der Waals surface area contributed by atoms with E-state index in [-0.39, 0.29) is 5.91 Å². The van der Waals surface area contributed by atoms with Crippen molar-refractivity contribution in [2.75, 3.05) is 26.2 Å². The molecule has 0 aromatic heterocycles. The molecule has 134 valence electrons. The summed E-state index contributed by atoms with van der Waals surface area (Å²) in [5.74, 6) is 0.0773. The molecule has 1 fully saturated rings. The Morgan fingerprint density at radius 3 is 2.33 bits per heavy atom. The Hall–Kier alpha value is -1.40. The van der Waals surface area contributed by atoms with Gasteiger partial charge in [0.2, 0.25) is 15.9 Å². The van der Waals surface area contributed by atoms with Crippen molar-refractivity contribution in [3.8, 4) is 0 Å². The van der Waals surface area contributed by atoms with Gasteiger partial charge in [0.15, 0.2) is 0 Å². The molecule has 1 aliphatic rings. The molecule has 1 aromatic rings. The summed E-state index contributed by atoms with van der Waals surface area (Å²) in [5.41, 5.74) is 1.24. The van der Waals surface area contributed by atoms with Crippen molar-refractivity contribution in [1.29, 1.82) is 0 Å². The molecule has 6 heteroatoms. The summed E-state index contributed by atoms with van der Waals surface area (Å²) in [7, 11) is -3.53. The zero-order valence-corrected chi connectivity index (χ0v) is 16.1. The third-order valence-corrected chi connectivity index (χ3v) is 6.39. The number of hydrogen-bond acceptors (Lipinski definition) is 3. The minimum absolute atomic E-state index is 0.0773. The monoisotopic (exact) mass is 352 g/mol. The van der Waals surface area contributed by atoms with Crippen molar-refractivity contribution in [1.82, 2.24) is 9.21 Å². The van der Waals surface area contributed by atoms with E-state index in [1.807, 2.05) is 46.8 Å². The minimum Gasteiger partial charge on any atom is -0.341 e. The highest BCUT2D eigenvalue weighted by Gasteiger charge is 2.32. The maximum atomic E-state index is 13.0. The Morgan fingerprint density at radius 2 is 1.71 bits per heavy atom. The Kier molecular flexibility index (Phi) is 5.40. The highest BCUT2D eigenvalue weighted by Crippen LogP contribution is 2.24. The largest absolute Gasteiger partial charge is 0.341 e. The van der Waals surface area contributed by atoms with E-state index in [4.69, 9.17) is 0 Å². The Balaban J connectivity index is 2.22. The van der Waals surface area contributed by atoms with E-state index in [0.29, 0.717) is 37.5 Å². The molecule has 5 nitrogen and oxygen atoms in total. The molecule has 0 aliphatic carbocycles. The molecule has 0 unspecified atom stereocenters. The van der Waals surface area contributed by atoms with Crippen LogP contribution in [0.25, 0.3) is 0 Å². The summed E-state index contributed by atoms with van der Waals surface area (Å²) in [6, 6.07) is 5.49. The minimum atomic E-state index is -3.53. The van der Waals surface area contributed by atoms with Crippen LogP contribution in [0.15, 0.2) is 23.1 Å². The van der Waals surface area contributed by atoms with Crippen molar-refractivity contribution in [2.45, 2.75) is 45.9 Å². The Labute approximate surface area is 145 Å². The Bertz CT molecular complexity index is 720. The molecule has 0 atom stereocenters. The lowest BCUT2D eigenvalue weighted by atomic mass is 9.94. The number of nitrogens with zero attached hydrogens (tertiary/aromatic N) is 2. The first-order valence-electron chi connectivity index (χ1n) is 8.40. The predicted octanol–water partition coefficient (Wildman–Crippen LogP) is 2.57. The highest BCUT2D eigenvalue weighted by molar-refractivity contribution is 7.89. The number of carbonyl (C=O) groups excluding carboxylic acids is 1. The quantitative estimate of drug-likeness (QED) is 0.822. The summed E-state index contributed by atoms with van der Waals surface area (Å²) >= 11 is 0. The molecule has 1 saturated heterocycles. The first-order chi connectivity index (χ1) is 11.0. The topological polar surface area (TPSA) is 57.7 Å². The second-order valence-corrected chi connectivity index (χ2v) is 9.48. The number of benzene rings is 1.